The predicted octanol–water partition coefficient (Wildman–Crippen LogP) is 1.90. The second-order valence-electron chi connectivity index (χ2n) is 5.81. The molecule has 6 nitrogen and oxygen atoms in total. The molecular weight excluding hydrogens is 320 g/mol. The van der Waals surface area contributed by atoms with Crippen LogP contribution < -0.4 is 0 Å². The summed E-state index contributed by atoms with van der Waals surface area (Å²) in [6, 6.07) is 5.59. The van der Waals surface area contributed by atoms with E-state index in [-0.39, 0.29) is 30.8 Å². The van der Waals surface area contributed by atoms with E-state index < -0.39 is 29.8 Å². The quantitative estimate of drug-likeness (QED) is 0.926. The van der Waals surface area contributed by atoms with Crippen LogP contribution in [0.15, 0.2) is 36.7 Å². The first-order chi connectivity index (χ1) is 11.5. The van der Waals surface area contributed by atoms with Gasteiger partial charge in [0.25, 0.3) is 5.91 Å². The van der Waals surface area contributed by atoms with Crippen molar-refractivity contribution < 1.29 is 23.5 Å². The number of carboxylic acids is 1. The molecule has 0 saturated carbocycles. The van der Waals surface area contributed by atoms with Crippen molar-refractivity contribution in [2.75, 3.05) is 19.8 Å². The van der Waals surface area contributed by atoms with Crippen LogP contribution in [0.5, 0.6) is 0 Å². The molecule has 0 radical (unpaired) electrons. The number of amides is 1. The number of hydrogen-bond donors (Lipinski definition) is 1. The number of likely N-dealkylation sites (tertiary alicyclic amines) is 1. The van der Waals surface area contributed by atoms with Crippen molar-refractivity contribution in [1.29, 1.82) is 0 Å². The highest BCUT2D eigenvalue weighted by Crippen LogP contribution is 2.32. The summed E-state index contributed by atoms with van der Waals surface area (Å²) < 4.78 is 28.7. The Kier molecular flexibility index (Phi) is 4.04. The molecule has 1 fully saturated rings. The molecule has 3 rings (SSSR count). The lowest BCUT2D eigenvalue weighted by atomic mass is 9.89. The van der Waals surface area contributed by atoms with Crippen molar-refractivity contribution in [1.82, 2.24) is 14.7 Å². The summed E-state index contributed by atoms with van der Waals surface area (Å²) in [7, 11) is 0. The third-order valence-electron chi connectivity index (χ3n) is 4.30. The first-order valence-electron chi connectivity index (χ1n) is 7.35. The van der Waals surface area contributed by atoms with E-state index in [0.717, 1.165) is 6.07 Å². The highest BCUT2D eigenvalue weighted by Gasteiger charge is 2.46. The molecule has 8 heteroatoms. The number of alkyl halides is 1. The minimum absolute atomic E-state index is 0.0401. The Morgan fingerprint density at radius 1 is 1.38 bits per heavy atom. The zero-order chi connectivity index (χ0) is 17.3. The molecule has 1 aromatic heterocycles. The molecule has 2 heterocycles. The van der Waals surface area contributed by atoms with E-state index in [2.05, 4.69) is 5.10 Å². The van der Waals surface area contributed by atoms with Crippen LogP contribution in [0.2, 0.25) is 0 Å². The summed E-state index contributed by atoms with van der Waals surface area (Å²) in [5.74, 6) is -2.41. The molecule has 0 aliphatic carbocycles. The molecule has 1 aliphatic rings. The molecule has 0 bridgehead atoms. The molecule has 2 aromatic rings. The van der Waals surface area contributed by atoms with E-state index in [9.17, 15) is 23.5 Å². The largest absolute Gasteiger partial charge is 0.481 e. The Bertz CT molecular complexity index is 779. The van der Waals surface area contributed by atoms with Gasteiger partial charge in [-0.2, -0.15) is 5.10 Å². The third kappa shape index (κ3) is 2.64. The van der Waals surface area contributed by atoms with Gasteiger partial charge in [0.2, 0.25) is 0 Å². The second kappa shape index (κ2) is 6.03. The van der Waals surface area contributed by atoms with Crippen molar-refractivity contribution in [2.45, 2.75) is 6.42 Å². The smallest absolute Gasteiger partial charge is 0.314 e. The van der Waals surface area contributed by atoms with Crippen LogP contribution >= 0.6 is 0 Å². The molecule has 24 heavy (non-hydrogen) atoms. The van der Waals surface area contributed by atoms with Gasteiger partial charge < -0.3 is 10.0 Å². The topological polar surface area (TPSA) is 75.4 Å². The summed E-state index contributed by atoms with van der Waals surface area (Å²) in [6.07, 6.45) is 3.12. The molecule has 1 amide bonds. The van der Waals surface area contributed by atoms with E-state index in [1.807, 2.05) is 0 Å². The molecule has 126 valence electrons. The number of aromatic nitrogens is 2. The van der Waals surface area contributed by atoms with E-state index in [1.54, 1.807) is 12.3 Å². The third-order valence-corrected chi connectivity index (χ3v) is 4.30. The van der Waals surface area contributed by atoms with Crippen LogP contribution in [0.25, 0.3) is 5.69 Å². The number of halogens is 2. The maximum absolute atomic E-state index is 14.2. The standard InChI is InChI=1S/C16H15F2N3O3/c17-9-16(15(23)24)4-7-20(10-16)14(22)11-2-3-13(12(18)8-11)21-6-1-5-19-21/h1-3,5-6,8H,4,7,9-10H2,(H,23,24). The van der Waals surface area contributed by atoms with Gasteiger partial charge in [-0.05, 0) is 30.7 Å². The number of nitrogens with zero attached hydrogens (tertiary/aromatic N) is 3. The van der Waals surface area contributed by atoms with Crippen LogP contribution in [-0.2, 0) is 4.79 Å². The molecule has 1 aliphatic heterocycles. The average molecular weight is 335 g/mol. The highest BCUT2D eigenvalue weighted by atomic mass is 19.1. The maximum atomic E-state index is 14.2. The Labute approximate surface area is 136 Å². The fourth-order valence-corrected chi connectivity index (χ4v) is 2.81. The number of carbonyl (C=O) groups is 2. The Balaban J connectivity index is 1.82. The van der Waals surface area contributed by atoms with E-state index in [0.29, 0.717) is 0 Å². The van der Waals surface area contributed by atoms with Gasteiger partial charge in [0.15, 0.2) is 0 Å². The normalized spacial score (nSPS) is 20.3. The number of rotatable bonds is 4. The summed E-state index contributed by atoms with van der Waals surface area (Å²) in [4.78, 5) is 24.9. The predicted molar refractivity (Wildman–Crippen MR) is 80.1 cm³/mol. The zero-order valence-electron chi connectivity index (χ0n) is 12.7. The van der Waals surface area contributed by atoms with Gasteiger partial charge in [-0.25, -0.2) is 13.5 Å². The number of benzene rings is 1. The van der Waals surface area contributed by atoms with Crippen molar-refractivity contribution in [3.05, 3.63) is 48.0 Å². The molecule has 1 atom stereocenters. The Hall–Kier alpha value is -2.77. The SMILES string of the molecule is O=C(c1ccc(-n2cccn2)c(F)c1)N1CCC(CF)(C(=O)O)C1. The summed E-state index contributed by atoms with van der Waals surface area (Å²) >= 11 is 0. The number of aliphatic carboxylic acids is 1. The lowest BCUT2D eigenvalue weighted by molar-refractivity contribution is -0.149. The highest BCUT2D eigenvalue weighted by molar-refractivity contribution is 5.95. The lowest BCUT2D eigenvalue weighted by Crippen LogP contribution is -2.38. The fraction of sp³-hybridized carbons (Fsp3) is 0.312. The van der Waals surface area contributed by atoms with Crippen LogP contribution in [0.1, 0.15) is 16.8 Å². The Morgan fingerprint density at radius 3 is 2.71 bits per heavy atom. The van der Waals surface area contributed by atoms with Gasteiger partial charge >= 0.3 is 5.97 Å². The van der Waals surface area contributed by atoms with Gasteiger partial charge in [-0.1, -0.05) is 0 Å². The van der Waals surface area contributed by atoms with Gasteiger partial charge in [0.05, 0.1) is 0 Å². The first-order valence-corrected chi connectivity index (χ1v) is 7.35. The van der Waals surface area contributed by atoms with Crippen LogP contribution in [-0.4, -0.2) is 51.4 Å². The van der Waals surface area contributed by atoms with Crippen LogP contribution in [0.4, 0.5) is 8.78 Å². The van der Waals surface area contributed by atoms with Gasteiger partial charge in [0.1, 0.15) is 23.6 Å². The van der Waals surface area contributed by atoms with Gasteiger partial charge in [-0.3, -0.25) is 9.59 Å². The minimum atomic E-state index is -1.57. The molecular formula is C16H15F2N3O3. The minimum Gasteiger partial charge on any atom is -0.481 e. The van der Waals surface area contributed by atoms with Crippen molar-refractivity contribution in [3.63, 3.8) is 0 Å². The Morgan fingerprint density at radius 2 is 2.17 bits per heavy atom. The van der Waals surface area contributed by atoms with Gasteiger partial charge in [0, 0.05) is 31.0 Å². The fourth-order valence-electron chi connectivity index (χ4n) is 2.81. The summed E-state index contributed by atoms with van der Waals surface area (Å²) in [6.45, 7) is -1.14. The molecule has 1 aromatic carbocycles. The molecule has 1 saturated heterocycles. The maximum Gasteiger partial charge on any atom is 0.314 e. The van der Waals surface area contributed by atoms with E-state index in [1.165, 1.54) is 27.9 Å². The lowest BCUT2D eigenvalue weighted by Gasteiger charge is -2.21. The molecule has 1 unspecified atom stereocenters. The van der Waals surface area contributed by atoms with Crippen molar-refractivity contribution >= 4 is 11.9 Å². The summed E-state index contributed by atoms with van der Waals surface area (Å²) in [5, 5.41) is 13.1. The zero-order valence-corrected chi connectivity index (χ0v) is 12.7. The second-order valence-corrected chi connectivity index (χ2v) is 5.81. The number of carbonyl (C=O) groups excluding carboxylic acids is 1. The van der Waals surface area contributed by atoms with E-state index >= 15 is 0 Å². The monoisotopic (exact) mass is 335 g/mol. The van der Waals surface area contributed by atoms with Crippen LogP contribution in [0.3, 0.4) is 0 Å². The molecule has 1 N–H and O–H groups in total. The van der Waals surface area contributed by atoms with Crippen molar-refractivity contribution in [2.24, 2.45) is 5.41 Å². The number of carboxylic acid groups (broad SMARTS) is 1. The first kappa shape index (κ1) is 16.1. The van der Waals surface area contributed by atoms with Crippen molar-refractivity contribution in [3.8, 4) is 5.69 Å². The average Bonchev–Trinajstić information content (AvgIpc) is 3.24. The number of hydrogen-bond acceptors (Lipinski definition) is 3. The van der Waals surface area contributed by atoms with E-state index in [4.69, 9.17) is 0 Å². The molecule has 0 spiro atoms. The summed E-state index contributed by atoms with van der Waals surface area (Å²) in [5.41, 5.74) is -1.28. The van der Waals surface area contributed by atoms with Crippen LogP contribution in [0, 0.1) is 11.2 Å². The van der Waals surface area contributed by atoms with Gasteiger partial charge in [-0.15, -0.1) is 0 Å².